The number of amides is 1. The number of carbonyl (C=O) groups excluding carboxylic acids is 1. The van der Waals surface area contributed by atoms with Gasteiger partial charge in [0.05, 0.1) is 25.4 Å². The van der Waals surface area contributed by atoms with Crippen molar-refractivity contribution in [3.05, 3.63) is 59.5 Å². The van der Waals surface area contributed by atoms with Gasteiger partial charge in [-0.15, -0.1) is 24.0 Å². The van der Waals surface area contributed by atoms with Crippen molar-refractivity contribution in [3.8, 4) is 0 Å². The van der Waals surface area contributed by atoms with Crippen molar-refractivity contribution >= 4 is 35.8 Å². The van der Waals surface area contributed by atoms with Crippen LogP contribution in [0.1, 0.15) is 43.7 Å². The van der Waals surface area contributed by atoms with Crippen LogP contribution in [-0.2, 0) is 17.8 Å². The zero-order valence-corrected chi connectivity index (χ0v) is 19.3. The average molecular weight is 498 g/mol. The highest BCUT2D eigenvalue weighted by atomic mass is 127. The van der Waals surface area contributed by atoms with Gasteiger partial charge in [-0.3, -0.25) is 9.79 Å². The van der Waals surface area contributed by atoms with Crippen molar-refractivity contribution in [2.45, 2.75) is 39.8 Å². The lowest BCUT2D eigenvalue weighted by Crippen LogP contribution is -2.43. The van der Waals surface area contributed by atoms with Gasteiger partial charge in [-0.05, 0) is 42.5 Å². The molecular weight excluding hydrogens is 467 g/mol. The monoisotopic (exact) mass is 498 g/mol. The molecule has 1 unspecified atom stereocenters. The van der Waals surface area contributed by atoms with E-state index in [1.54, 1.807) is 19.4 Å². The van der Waals surface area contributed by atoms with Crippen LogP contribution in [0.4, 0.5) is 0 Å². The van der Waals surface area contributed by atoms with E-state index in [2.05, 4.69) is 66.0 Å². The summed E-state index contributed by atoms with van der Waals surface area (Å²) in [7, 11) is 1.69. The van der Waals surface area contributed by atoms with E-state index in [9.17, 15) is 4.79 Å². The summed E-state index contributed by atoms with van der Waals surface area (Å²) in [6, 6.07) is 12.3. The molecule has 1 aromatic carbocycles. The minimum atomic E-state index is -0.125. The molecule has 1 atom stereocenters. The van der Waals surface area contributed by atoms with Crippen LogP contribution in [-0.4, -0.2) is 25.5 Å². The molecule has 0 saturated heterocycles. The molecule has 0 aliphatic heterocycles. The van der Waals surface area contributed by atoms with Crippen LogP contribution in [0.15, 0.2) is 52.1 Å². The van der Waals surface area contributed by atoms with Crippen LogP contribution < -0.4 is 16.0 Å². The van der Waals surface area contributed by atoms with Gasteiger partial charge >= 0.3 is 0 Å². The third-order valence-electron chi connectivity index (χ3n) is 4.16. The summed E-state index contributed by atoms with van der Waals surface area (Å²) in [5.74, 6) is 1.83. The molecule has 0 aliphatic carbocycles. The van der Waals surface area contributed by atoms with E-state index in [-0.39, 0.29) is 42.5 Å². The number of guanidine groups is 1. The number of nitrogens with one attached hydrogen (secondary N) is 3. The van der Waals surface area contributed by atoms with Gasteiger partial charge in [0.15, 0.2) is 5.96 Å². The van der Waals surface area contributed by atoms with Crippen molar-refractivity contribution in [2.24, 2.45) is 10.9 Å². The number of halogens is 1. The van der Waals surface area contributed by atoms with Gasteiger partial charge in [0.2, 0.25) is 5.91 Å². The summed E-state index contributed by atoms with van der Waals surface area (Å²) in [5.41, 5.74) is 2.52. The third kappa shape index (κ3) is 8.33. The molecule has 154 valence electrons. The first-order valence-corrected chi connectivity index (χ1v) is 9.33. The van der Waals surface area contributed by atoms with Crippen LogP contribution in [0.2, 0.25) is 0 Å². The molecular formula is C21H31IN4O2. The largest absolute Gasteiger partial charge is 0.467 e. The standard InChI is InChI=1S/C21H30N4O2.HI/c1-15(2)12-17-7-9-18(10-8-17)16(3)25-21(22-4)24-14-20(26)23-13-19-6-5-11-27-19;/h5-11,15-16H,12-14H2,1-4H3,(H,23,26)(H2,22,24,25);1H. The lowest BCUT2D eigenvalue weighted by atomic mass is 10.00. The zero-order chi connectivity index (χ0) is 19.6. The second-order valence-corrected chi connectivity index (χ2v) is 6.99. The Morgan fingerprint density at radius 2 is 1.82 bits per heavy atom. The maximum Gasteiger partial charge on any atom is 0.239 e. The quantitative estimate of drug-likeness (QED) is 0.295. The molecule has 7 heteroatoms. The van der Waals surface area contributed by atoms with E-state index in [1.807, 2.05) is 6.07 Å². The van der Waals surface area contributed by atoms with Crippen molar-refractivity contribution in [1.29, 1.82) is 0 Å². The van der Waals surface area contributed by atoms with Gasteiger partial charge in [-0.2, -0.15) is 0 Å². The molecule has 2 rings (SSSR count). The molecule has 0 aliphatic rings. The van der Waals surface area contributed by atoms with E-state index < -0.39 is 0 Å². The molecule has 1 aromatic heterocycles. The maximum atomic E-state index is 11.9. The molecule has 0 bridgehead atoms. The molecule has 0 saturated carbocycles. The second kappa shape index (κ2) is 12.4. The number of nitrogens with zero attached hydrogens (tertiary/aromatic N) is 1. The van der Waals surface area contributed by atoms with Gasteiger partial charge in [0.1, 0.15) is 5.76 Å². The molecule has 1 heterocycles. The highest BCUT2D eigenvalue weighted by molar-refractivity contribution is 14.0. The Balaban J connectivity index is 0.00000392. The predicted octanol–water partition coefficient (Wildman–Crippen LogP) is 3.64. The second-order valence-electron chi connectivity index (χ2n) is 6.99. The number of benzene rings is 1. The minimum absolute atomic E-state index is 0. The Bertz CT molecular complexity index is 727. The summed E-state index contributed by atoms with van der Waals surface area (Å²) in [6.45, 7) is 7.03. The van der Waals surface area contributed by atoms with Crippen molar-refractivity contribution in [2.75, 3.05) is 13.6 Å². The Morgan fingerprint density at radius 3 is 2.39 bits per heavy atom. The topological polar surface area (TPSA) is 78.7 Å². The van der Waals surface area contributed by atoms with Crippen LogP contribution >= 0.6 is 24.0 Å². The fraction of sp³-hybridized carbons (Fsp3) is 0.429. The number of aliphatic imine (C=N–C) groups is 1. The molecule has 6 nitrogen and oxygen atoms in total. The SMILES string of the molecule is CN=C(NCC(=O)NCc1ccco1)NC(C)c1ccc(CC(C)C)cc1.I. The first kappa shape index (κ1) is 24.0. The van der Waals surface area contributed by atoms with Gasteiger partial charge in [-0.1, -0.05) is 38.1 Å². The smallest absolute Gasteiger partial charge is 0.239 e. The van der Waals surface area contributed by atoms with E-state index in [4.69, 9.17) is 4.42 Å². The summed E-state index contributed by atoms with van der Waals surface area (Å²) in [4.78, 5) is 16.1. The summed E-state index contributed by atoms with van der Waals surface area (Å²) in [6.07, 6.45) is 2.67. The Morgan fingerprint density at radius 1 is 1.11 bits per heavy atom. The van der Waals surface area contributed by atoms with Gasteiger partial charge < -0.3 is 20.4 Å². The van der Waals surface area contributed by atoms with Crippen LogP contribution in [0, 0.1) is 5.92 Å². The highest BCUT2D eigenvalue weighted by Crippen LogP contribution is 2.15. The van der Waals surface area contributed by atoms with Crippen LogP contribution in [0.25, 0.3) is 0 Å². The zero-order valence-electron chi connectivity index (χ0n) is 17.0. The number of hydrogen-bond acceptors (Lipinski definition) is 3. The fourth-order valence-electron chi connectivity index (χ4n) is 2.72. The predicted molar refractivity (Wildman–Crippen MR) is 124 cm³/mol. The molecule has 28 heavy (non-hydrogen) atoms. The summed E-state index contributed by atoms with van der Waals surface area (Å²) in [5, 5.41) is 9.14. The van der Waals surface area contributed by atoms with Crippen molar-refractivity contribution in [1.82, 2.24) is 16.0 Å². The fourth-order valence-corrected chi connectivity index (χ4v) is 2.72. The highest BCUT2D eigenvalue weighted by Gasteiger charge is 2.10. The number of furan rings is 1. The first-order chi connectivity index (χ1) is 13.0. The molecule has 1 amide bonds. The summed E-state index contributed by atoms with van der Waals surface area (Å²) < 4.78 is 5.19. The lowest BCUT2D eigenvalue weighted by Gasteiger charge is -2.18. The van der Waals surface area contributed by atoms with Crippen molar-refractivity contribution in [3.63, 3.8) is 0 Å². The Labute approximate surface area is 184 Å². The number of carbonyl (C=O) groups is 1. The van der Waals surface area contributed by atoms with Crippen LogP contribution in [0.5, 0.6) is 0 Å². The number of rotatable bonds is 8. The van der Waals surface area contributed by atoms with Gasteiger partial charge in [-0.25, -0.2) is 0 Å². The molecule has 0 fully saturated rings. The van der Waals surface area contributed by atoms with Crippen LogP contribution in [0.3, 0.4) is 0 Å². The lowest BCUT2D eigenvalue weighted by molar-refractivity contribution is -0.120. The molecule has 0 radical (unpaired) electrons. The molecule has 2 aromatic rings. The normalized spacial score (nSPS) is 12.2. The first-order valence-electron chi connectivity index (χ1n) is 9.33. The average Bonchev–Trinajstić information content (AvgIpc) is 3.17. The number of hydrogen-bond donors (Lipinski definition) is 3. The summed E-state index contributed by atoms with van der Waals surface area (Å²) >= 11 is 0. The van der Waals surface area contributed by atoms with Gasteiger partial charge in [0, 0.05) is 7.05 Å². The third-order valence-corrected chi connectivity index (χ3v) is 4.16. The molecule has 3 N–H and O–H groups in total. The Hall–Kier alpha value is -2.03. The van der Waals surface area contributed by atoms with E-state index in [0.29, 0.717) is 18.4 Å². The van der Waals surface area contributed by atoms with Crippen molar-refractivity contribution < 1.29 is 9.21 Å². The van der Waals surface area contributed by atoms with E-state index in [1.165, 1.54) is 11.1 Å². The van der Waals surface area contributed by atoms with E-state index >= 15 is 0 Å². The molecule has 0 spiro atoms. The minimum Gasteiger partial charge on any atom is -0.467 e. The van der Waals surface area contributed by atoms with E-state index in [0.717, 1.165) is 12.2 Å². The van der Waals surface area contributed by atoms with Gasteiger partial charge in [0.25, 0.3) is 0 Å². The Kier molecular flexibility index (Phi) is 10.7. The maximum absolute atomic E-state index is 11.9.